The summed E-state index contributed by atoms with van der Waals surface area (Å²) >= 11 is 0. The van der Waals surface area contributed by atoms with Gasteiger partial charge in [0.15, 0.2) is 5.78 Å². The Balaban J connectivity index is 2.46. The monoisotopic (exact) mass is 170 g/mol. The molecule has 0 aromatic heterocycles. The predicted octanol–water partition coefficient (Wildman–Crippen LogP) is 1.76. The van der Waals surface area contributed by atoms with Gasteiger partial charge in [-0.3, -0.25) is 4.79 Å². The van der Waals surface area contributed by atoms with Gasteiger partial charge in [-0.05, 0) is 25.7 Å². The molecule has 1 fully saturated rings. The Morgan fingerprint density at radius 2 is 2.17 bits per heavy atom. The number of rotatable bonds is 2. The average molecular weight is 170 g/mol. The van der Waals surface area contributed by atoms with Gasteiger partial charge in [0, 0.05) is 5.92 Å². The Hall–Kier alpha value is -0.370. The van der Waals surface area contributed by atoms with E-state index < -0.39 is 6.10 Å². The summed E-state index contributed by atoms with van der Waals surface area (Å²) in [5.74, 6) is 0.835. The second-order valence-electron chi connectivity index (χ2n) is 4.05. The van der Waals surface area contributed by atoms with Crippen LogP contribution in [-0.2, 0) is 4.79 Å². The highest BCUT2D eigenvalue weighted by molar-refractivity contribution is 5.84. The predicted molar refractivity (Wildman–Crippen MR) is 47.8 cm³/mol. The molecule has 0 bridgehead atoms. The van der Waals surface area contributed by atoms with E-state index in [2.05, 4.69) is 6.92 Å². The van der Waals surface area contributed by atoms with Gasteiger partial charge in [-0.15, -0.1) is 0 Å². The van der Waals surface area contributed by atoms with Gasteiger partial charge in [-0.1, -0.05) is 19.8 Å². The van der Waals surface area contributed by atoms with Gasteiger partial charge in [0.1, 0.15) is 6.10 Å². The summed E-state index contributed by atoms with van der Waals surface area (Å²) < 4.78 is 0. The van der Waals surface area contributed by atoms with Crippen molar-refractivity contribution >= 4 is 5.78 Å². The maximum Gasteiger partial charge on any atom is 0.164 e. The lowest BCUT2D eigenvalue weighted by atomic mass is 9.79. The van der Waals surface area contributed by atoms with Crippen LogP contribution >= 0.6 is 0 Å². The molecule has 0 heterocycles. The molecule has 12 heavy (non-hydrogen) atoms. The van der Waals surface area contributed by atoms with E-state index in [0.29, 0.717) is 5.92 Å². The Morgan fingerprint density at radius 3 is 2.67 bits per heavy atom. The Labute approximate surface area is 74.0 Å². The van der Waals surface area contributed by atoms with Crippen molar-refractivity contribution in [2.45, 2.75) is 45.6 Å². The van der Waals surface area contributed by atoms with Crippen molar-refractivity contribution in [3.8, 4) is 0 Å². The first-order chi connectivity index (χ1) is 5.61. The first-order valence-corrected chi connectivity index (χ1v) is 4.83. The van der Waals surface area contributed by atoms with E-state index in [1.165, 1.54) is 6.42 Å². The van der Waals surface area contributed by atoms with Crippen LogP contribution in [0.4, 0.5) is 0 Å². The fraction of sp³-hybridized carbons (Fsp3) is 0.900. The van der Waals surface area contributed by atoms with Crippen LogP contribution in [-0.4, -0.2) is 17.0 Å². The lowest BCUT2D eigenvalue weighted by Gasteiger charge is -2.26. The molecule has 3 atom stereocenters. The van der Waals surface area contributed by atoms with E-state index in [9.17, 15) is 4.79 Å². The molecule has 1 rings (SSSR count). The second-order valence-corrected chi connectivity index (χ2v) is 4.05. The number of aliphatic hydroxyl groups excluding tert-OH is 1. The van der Waals surface area contributed by atoms with Crippen molar-refractivity contribution < 1.29 is 9.90 Å². The molecule has 0 radical (unpaired) electrons. The van der Waals surface area contributed by atoms with Crippen molar-refractivity contribution in [2.75, 3.05) is 0 Å². The van der Waals surface area contributed by atoms with Crippen LogP contribution < -0.4 is 0 Å². The van der Waals surface area contributed by atoms with E-state index in [-0.39, 0.29) is 11.7 Å². The van der Waals surface area contributed by atoms with Crippen LogP contribution in [0.15, 0.2) is 0 Å². The molecule has 1 N–H and O–H groups in total. The molecule has 2 heteroatoms. The first-order valence-electron chi connectivity index (χ1n) is 4.83. The molecule has 2 nitrogen and oxygen atoms in total. The molecular weight excluding hydrogens is 152 g/mol. The van der Waals surface area contributed by atoms with Crippen LogP contribution in [0.3, 0.4) is 0 Å². The number of carbonyl (C=O) groups is 1. The zero-order valence-electron chi connectivity index (χ0n) is 7.92. The number of Topliss-reactive ketones (excluding diaryl/α,β-unsaturated/α-hetero) is 1. The Bertz CT molecular complexity index is 163. The number of ketones is 1. The minimum absolute atomic E-state index is 0.0431. The van der Waals surface area contributed by atoms with Crippen LogP contribution in [0, 0.1) is 11.8 Å². The van der Waals surface area contributed by atoms with Crippen molar-refractivity contribution in [1.82, 2.24) is 0 Å². The first kappa shape index (κ1) is 9.72. The van der Waals surface area contributed by atoms with Crippen molar-refractivity contribution in [1.29, 1.82) is 0 Å². The van der Waals surface area contributed by atoms with Gasteiger partial charge >= 0.3 is 0 Å². The van der Waals surface area contributed by atoms with Gasteiger partial charge in [0.25, 0.3) is 0 Å². The lowest BCUT2D eigenvalue weighted by Crippen LogP contribution is -2.29. The number of hydrogen-bond acceptors (Lipinski definition) is 2. The molecule has 1 aliphatic rings. The summed E-state index contributed by atoms with van der Waals surface area (Å²) in [5.41, 5.74) is 0. The Morgan fingerprint density at radius 1 is 1.50 bits per heavy atom. The molecule has 1 aliphatic carbocycles. The van der Waals surface area contributed by atoms with Gasteiger partial charge in [0.2, 0.25) is 0 Å². The van der Waals surface area contributed by atoms with Crippen LogP contribution in [0.1, 0.15) is 39.5 Å². The SMILES string of the molecule is CC1CCCC(C(=O)C(C)O)C1. The fourth-order valence-electron chi connectivity index (χ4n) is 2.03. The summed E-state index contributed by atoms with van der Waals surface area (Å²) in [5, 5.41) is 9.11. The highest BCUT2D eigenvalue weighted by Gasteiger charge is 2.26. The van der Waals surface area contributed by atoms with Gasteiger partial charge < -0.3 is 5.11 Å². The van der Waals surface area contributed by atoms with E-state index in [1.54, 1.807) is 6.92 Å². The van der Waals surface area contributed by atoms with E-state index in [4.69, 9.17) is 5.11 Å². The van der Waals surface area contributed by atoms with E-state index in [0.717, 1.165) is 19.3 Å². The van der Waals surface area contributed by atoms with Crippen LogP contribution in [0.5, 0.6) is 0 Å². The molecule has 0 aliphatic heterocycles. The fourth-order valence-corrected chi connectivity index (χ4v) is 2.03. The minimum atomic E-state index is -0.764. The Kier molecular flexibility index (Phi) is 3.27. The molecule has 0 aromatic rings. The summed E-state index contributed by atoms with van der Waals surface area (Å²) in [4.78, 5) is 11.4. The topological polar surface area (TPSA) is 37.3 Å². The molecule has 1 saturated carbocycles. The smallest absolute Gasteiger partial charge is 0.164 e. The number of hydrogen-bond donors (Lipinski definition) is 1. The molecule has 0 amide bonds. The normalized spacial score (nSPS) is 32.9. The zero-order valence-corrected chi connectivity index (χ0v) is 7.92. The molecule has 0 saturated heterocycles. The number of aliphatic hydroxyl groups is 1. The number of carbonyl (C=O) groups excluding carboxylic acids is 1. The van der Waals surface area contributed by atoms with Gasteiger partial charge in [-0.2, -0.15) is 0 Å². The molecule has 0 aromatic carbocycles. The highest BCUT2D eigenvalue weighted by Crippen LogP contribution is 2.29. The largest absolute Gasteiger partial charge is 0.386 e. The van der Waals surface area contributed by atoms with Crippen LogP contribution in [0.25, 0.3) is 0 Å². The summed E-state index contributed by atoms with van der Waals surface area (Å²) in [6.07, 6.45) is 3.58. The minimum Gasteiger partial charge on any atom is -0.386 e. The van der Waals surface area contributed by atoms with Crippen LogP contribution in [0.2, 0.25) is 0 Å². The van der Waals surface area contributed by atoms with Gasteiger partial charge in [-0.25, -0.2) is 0 Å². The van der Waals surface area contributed by atoms with Crippen molar-refractivity contribution in [3.63, 3.8) is 0 Å². The third kappa shape index (κ3) is 2.31. The lowest BCUT2D eigenvalue weighted by molar-refractivity contribution is -0.131. The summed E-state index contributed by atoms with van der Waals surface area (Å²) in [6.45, 7) is 3.75. The molecule has 0 spiro atoms. The zero-order chi connectivity index (χ0) is 9.14. The molecule has 70 valence electrons. The molecule has 3 unspecified atom stereocenters. The van der Waals surface area contributed by atoms with E-state index >= 15 is 0 Å². The maximum absolute atomic E-state index is 11.4. The molecular formula is C10H18O2. The average Bonchev–Trinajstić information content (AvgIpc) is 2.03. The second kappa shape index (κ2) is 4.04. The maximum atomic E-state index is 11.4. The van der Waals surface area contributed by atoms with Crippen molar-refractivity contribution in [3.05, 3.63) is 0 Å². The third-order valence-electron chi connectivity index (χ3n) is 2.75. The third-order valence-corrected chi connectivity index (χ3v) is 2.75. The highest BCUT2D eigenvalue weighted by atomic mass is 16.3. The summed E-state index contributed by atoms with van der Waals surface area (Å²) in [7, 11) is 0. The van der Waals surface area contributed by atoms with Gasteiger partial charge in [0.05, 0.1) is 0 Å². The summed E-state index contributed by atoms with van der Waals surface area (Å²) in [6, 6.07) is 0. The quantitative estimate of drug-likeness (QED) is 0.685. The van der Waals surface area contributed by atoms with Crippen molar-refractivity contribution in [2.24, 2.45) is 11.8 Å². The van der Waals surface area contributed by atoms with E-state index in [1.807, 2.05) is 0 Å². The standard InChI is InChI=1S/C10H18O2/c1-7-4-3-5-9(6-7)10(12)8(2)11/h7-9,11H,3-6H2,1-2H3.